The number of ether oxygens (including phenoxy) is 1. The van der Waals surface area contributed by atoms with E-state index < -0.39 is 17.7 Å². The van der Waals surface area contributed by atoms with Crippen molar-refractivity contribution in [1.29, 1.82) is 0 Å². The number of hydrogen-bond acceptors (Lipinski definition) is 4. The topological polar surface area (TPSA) is 87.7 Å². The van der Waals surface area contributed by atoms with E-state index in [4.69, 9.17) is 4.74 Å². The SMILES string of the molecule is CCOc1ccc(C(=O)NNC(=O)C2CC(=O)N(c3ccccc3Br)C2)cc1. The van der Waals surface area contributed by atoms with Gasteiger partial charge in [0.15, 0.2) is 0 Å². The van der Waals surface area contributed by atoms with Crippen LogP contribution in [0, 0.1) is 5.92 Å². The van der Waals surface area contributed by atoms with Crippen molar-refractivity contribution in [1.82, 2.24) is 10.9 Å². The molecule has 0 aromatic heterocycles. The first-order valence-electron chi connectivity index (χ1n) is 8.87. The van der Waals surface area contributed by atoms with Crippen LogP contribution in [-0.4, -0.2) is 30.9 Å². The molecule has 0 saturated carbocycles. The lowest BCUT2D eigenvalue weighted by atomic mass is 10.1. The first-order valence-corrected chi connectivity index (χ1v) is 9.67. The molecule has 1 aliphatic rings. The summed E-state index contributed by atoms with van der Waals surface area (Å²) in [6.07, 6.45) is 0.0894. The summed E-state index contributed by atoms with van der Waals surface area (Å²) >= 11 is 3.42. The van der Waals surface area contributed by atoms with E-state index in [1.54, 1.807) is 29.2 Å². The third-order valence-electron chi connectivity index (χ3n) is 4.37. The maximum Gasteiger partial charge on any atom is 0.269 e. The number of rotatable bonds is 5. The third-order valence-corrected chi connectivity index (χ3v) is 5.04. The van der Waals surface area contributed by atoms with Crippen LogP contribution in [0.2, 0.25) is 0 Å². The second-order valence-electron chi connectivity index (χ2n) is 6.26. The van der Waals surface area contributed by atoms with Crippen molar-refractivity contribution in [3.8, 4) is 5.75 Å². The number of halogens is 1. The summed E-state index contributed by atoms with van der Waals surface area (Å²) in [5.74, 6) is -0.851. The largest absolute Gasteiger partial charge is 0.494 e. The number of benzene rings is 2. The summed E-state index contributed by atoms with van der Waals surface area (Å²) < 4.78 is 6.12. The van der Waals surface area contributed by atoms with Crippen molar-refractivity contribution in [2.75, 3.05) is 18.1 Å². The number of nitrogens with one attached hydrogen (secondary N) is 2. The first kappa shape index (κ1) is 19.9. The number of carbonyl (C=O) groups excluding carboxylic acids is 3. The van der Waals surface area contributed by atoms with Gasteiger partial charge >= 0.3 is 0 Å². The van der Waals surface area contributed by atoms with E-state index in [0.717, 1.165) is 10.2 Å². The Kier molecular flexibility index (Phi) is 6.30. The Morgan fingerprint density at radius 1 is 1.14 bits per heavy atom. The van der Waals surface area contributed by atoms with Crippen LogP contribution in [0.4, 0.5) is 5.69 Å². The van der Waals surface area contributed by atoms with Gasteiger partial charge in [-0.1, -0.05) is 12.1 Å². The molecule has 3 amide bonds. The van der Waals surface area contributed by atoms with Gasteiger partial charge in [-0.15, -0.1) is 0 Å². The Labute approximate surface area is 171 Å². The number of para-hydroxylation sites is 1. The standard InChI is InChI=1S/C20H20BrN3O4/c1-2-28-15-9-7-13(8-10-15)19(26)22-23-20(27)14-11-18(25)24(12-14)17-6-4-3-5-16(17)21/h3-10,14H,2,11-12H2,1H3,(H,22,26)(H,23,27). The third kappa shape index (κ3) is 4.51. The fourth-order valence-electron chi connectivity index (χ4n) is 2.95. The molecule has 2 aromatic carbocycles. The molecule has 28 heavy (non-hydrogen) atoms. The second kappa shape index (κ2) is 8.88. The fraction of sp³-hybridized carbons (Fsp3) is 0.250. The van der Waals surface area contributed by atoms with Crippen molar-refractivity contribution < 1.29 is 19.1 Å². The normalized spacial score (nSPS) is 16.0. The smallest absolute Gasteiger partial charge is 0.269 e. The van der Waals surface area contributed by atoms with Crippen LogP contribution in [0.15, 0.2) is 53.0 Å². The zero-order valence-corrected chi connectivity index (χ0v) is 16.9. The molecule has 0 radical (unpaired) electrons. The molecule has 1 fully saturated rings. The Balaban J connectivity index is 1.56. The van der Waals surface area contributed by atoms with E-state index in [-0.39, 0.29) is 18.9 Å². The zero-order valence-electron chi connectivity index (χ0n) is 15.3. The minimum absolute atomic E-state index is 0.0894. The maximum atomic E-state index is 12.4. The van der Waals surface area contributed by atoms with Gasteiger partial charge in [0, 0.05) is 23.0 Å². The van der Waals surface area contributed by atoms with Crippen LogP contribution in [-0.2, 0) is 9.59 Å². The van der Waals surface area contributed by atoms with E-state index in [1.165, 1.54) is 0 Å². The zero-order chi connectivity index (χ0) is 20.1. The van der Waals surface area contributed by atoms with E-state index >= 15 is 0 Å². The molecular weight excluding hydrogens is 426 g/mol. The van der Waals surface area contributed by atoms with Gasteiger partial charge in [-0.2, -0.15) is 0 Å². The van der Waals surface area contributed by atoms with Crippen LogP contribution in [0.1, 0.15) is 23.7 Å². The molecule has 8 heteroatoms. The average Bonchev–Trinajstić information content (AvgIpc) is 3.08. The quantitative estimate of drug-likeness (QED) is 0.692. The van der Waals surface area contributed by atoms with Crippen LogP contribution in [0.25, 0.3) is 0 Å². The average molecular weight is 446 g/mol. The molecule has 1 heterocycles. The number of hydrogen-bond donors (Lipinski definition) is 2. The monoisotopic (exact) mass is 445 g/mol. The van der Waals surface area contributed by atoms with Gasteiger partial charge in [-0.25, -0.2) is 0 Å². The number of nitrogens with zero attached hydrogens (tertiary/aromatic N) is 1. The molecule has 2 aromatic rings. The van der Waals surface area contributed by atoms with Crippen molar-refractivity contribution in [2.45, 2.75) is 13.3 Å². The highest BCUT2D eigenvalue weighted by Crippen LogP contribution is 2.31. The van der Waals surface area contributed by atoms with Gasteiger partial charge < -0.3 is 9.64 Å². The highest BCUT2D eigenvalue weighted by Gasteiger charge is 2.35. The van der Waals surface area contributed by atoms with Gasteiger partial charge in [0.2, 0.25) is 11.8 Å². The molecule has 1 unspecified atom stereocenters. The predicted molar refractivity (Wildman–Crippen MR) is 108 cm³/mol. The Morgan fingerprint density at radius 3 is 2.54 bits per heavy atom. The molecule has 0 aliphatic carbocycles. The summed E-state index contributed by atoms with van der Waals surface area (Å²) in [5, 5.41) is 0. The van der Waals surface area contributed by atoms with E-state index in [0.29, 0.717) is 17.9 Å². The Morgan fingerprint density at radius 2 is 1.86 bits per heavy atom. The molecule has 0 bridgehead atoms. The summed E-state index contributed by atoms with van der Waals surface area (Å²) in [6, 6.07) is 13.9. The van der Waals surface area contributed by atoms with E-state index in [2.05, 4.69) is 26.8 Å². The minimum Gasteiger partial charge on any atom is -0.494 e. The minimum atomic E-state index is -0.541. The van der Waals surface area contributed by atoms with Crippen LogP contribution >= 0.6 is 15.9 Å². The number of carbonyl (C=O) groups is 3. The molecule has 1 aliphatic heterocycles. The Hall–Kier alpha value is -2.87. The van der Waals surface area contributed by atoms with Crippen LogP contribution in [0.3, 0.4) is 0 Å². The van der Waals surface area contributed by atoms with Crippen LogP contribution < -0.4 is 20.5 Å². The van der Waals surface area contributed by atoms with Crippen molar-refractivity contribution in [3.05, 3.63) is 58.6 Å². The first-order chi connectivity index (χ1) is 13.5. The highest BCUT2D eigenvalue weighted by molar-refractivity contribution is 9.10. The fourth-order valence-corrected chi connectivity index (χ4v) is 3.45. The lowest BCUT2D eigenvalue weighted by Gasteiger charge is -2.18. The lowest BCUT2D eigenvalue weighted by Crippen LogP contribution is -2.45. The predicted octanol–water partition coefficient (Wildman–Crippen LogP) is 2.66. The van der Waals surface area contributed by atoms with Gasteiger partial charge in [-0.3, -0.25) is 25.2 Å². The molecule has 2 N–H and O–H groups in total. The molecule has 146 valence electrons. The van der Waals surface area contributed by atoms with Crippen LogP contribution in [0.5, 0.6) is 5.75 Å². The highest BCUT2D eigenvalue weighted by atomic mass is 79.9. The van der Waals surface area contributed by atoms with Gasteiger partial charge in [0.1, 0.15) is 5.75 Å². The number of anilines is 1. The summed E-state index contributed by atoms with van der Waals surface area (Å²) in [4.78, 5) is 38.5. The summed E-state index contributed by atoms with van der Waals surface area (Å²) in [6.45, 7) is 2.67. The molecule has 3 rings (SSSR count). The lowest BCUT2D eigenvalue weighted by molar-refractivity contribution is -0.126. The molecular formula is C20H20BrN3O4. The molecule has 1 saturated heterocycles. The molecule has 0 spiro atoms. The van der Waals surface area contributed by atoms with Crippen molar-refractivity contribution in [3.63, 3.8) is 0 Å². The summed E-state index contributed by atoms with van der Waals surface area (Å²) in [5.41, 5.74) is 5.91. The Bertz CT molecular complexity index is 885. The van der Waals surface area contributed by atoms with Crippen molar-refractivity contribution >= 4 is 39.3 Å². The molecule has 1 atom stereocenters. The summed E-state index contributed by atoms with van der Waals surface area (Å²) in [7, 11) is 0. The molecule has 7 nitrogen and oxygen atoms in total. The maximum absolute atomic E-state index is 12.4. The number of amides is 3. The number of hydrazine groups is 1. The second-order valence-corrected chi connectivity index (χ2v) is 7.11. The van der Waals surface area contributed by atoms with E-state index in [1.807, 2.05) is 31.2 Å². The van der Waals surface area contributed by atoms with Gasteiger partial charge in [0.25, 0.3) is 5.91 Å². The van der Waals surface area contributed by atoms with Gasteiger partial charge in [-0.05, 0) is 59.3 Å². The van der Waals surface area contributed by atoms with Gasteiger partial charge in [0.05, 0.1) is 18.2 Å². The van der Waals surface area contributed by atoms with Crippen molar-refractivity contribution in [2.24, 2.45) is 5.92 Å². The van der Waals surface area contributed by atoms with E-state index in [9.17, 15) is 14.4 Å².